The van der Waals surface area contributed by atoms with Crippen LogP contribution in [0.3, 0.4) is 0 Å². The minimum Gasteiger partial charge on any atom is -0.462 e. The second kappa shape index (κ2) is 7.94. The van der Waals surface area contributed by atoms with Crippen LogP contribution < -0.4 is 0 Å². The summed E-state index contributed by atoms with van der Waals surface area (Å²) in [5.41, 5.74) is 1.92. The van der Waals surface area contributed by atoms with Crippen LogP contribution in [0.4, 0.5) is 0 Å². The first-order valence-electron chi connectivity index (χ1n) is 9.46. The van der Waals surface area contributed by atoms with Gasteiger partial charge in [0.05, 0.1) is 35.9 Å². The van der Waals surface area contributed by atoms with Crippen LogP contribution in [0.15, 0.2) is 48.5 Å². The Morgan fingerprint density at radius 3 is 2.61 bits per heavy atom. The molecule has 4 rings (SSSR count). The maximum Gasteiger partial charge on any atom is 0.338 e. The van der Waals surface area contributed by atoms with Crippen molar-refractivity contribution in [2.75, 3.05) is 19.8 Å². The Balaban J connectivity index is 1.41. The highest BCUT2D eigenvalue weighted by Crippen LogP contribution is 2.26. The van der Waals surface area contributed by atoms with Crippen molar-refractivity contribution in [3.05, 3.63) is 70.8 Å². The maximum atomic E-state index is 12.7. The van der Waals surface area contributed by atoms with Crippen molar-refractivity contribution < 1.29 is 23.9 Å². The van der Waals surface area contributed by atoms with Gasteiger partial charge in [-0.05, 0) is 36.6 Å². The van der Waals surface area contributed by atoms with Crippen LogP contribution in [0.1, 0.15) is 49.5 Å². The average Bonchev–Trinajstić information content (AvgIpc) is 3.32. The fourth-order valence-corrected chi connectivity index (χ4v) is 3.57. The van der Waals surface area contributed by atoms with E-state index in [2.05, 4.69) is 0 Å². The summed E-state index contributed by atoms with van der Waals surface area (Å²) in [6.45, 7) is 1.16. The number of esters is 1. The quantitative estimate of drug-likeness (QED) is 0.570. The maximum absolute atomic E-state index is 12.7. The van der Waals surface area contributed by atoms with Crippen LogP contribution >= 0.6 is 0 Å². The number of carbonyl (C=O) groups is 3. The van der Waals surface area contributed by atoms with E-state index in [1.165, 1.54) is 23.1 Å². The number of carbonyl (C=O) groups excluding carboxylic acids is 3. The van der Waals surface area contributed by atoms with Gasteiger partial charge in [0.2, 0.25) is 0 Å². The molecule has 0 N–H and O–H groups in total. The molecule has 0 radical (unpaired) electrons. The van der Waals surface area contributed by atoms with E-state index in [1.54, 1.807) is 0 Å². The SMILES string of the molecule is O=C(OCCc1ccccc1)c1ccc2c(c1)C(=O)N(CC1CCCO1)C2=O. The smallest absolute Gasteiger partial charge is 0.338 e. The largest absolute Gasteiger partial charge is 0.462 e. The second-order valence-corrected chi connectivity index (χ2v) is 6.99. The Morgan fingerprint density at radius 2 is 1.86 bits per heavy atom. The zero-order chi connectivity index (χ0) is 19.5. The Bertz CT molecular complexity index is 902. The van der Waals surface area contributed by atoms with Gasteiger partial charge in [-0.25, -0.2) is 4.79 Å². The third-order valence-corrected chi connectivity index (χ3v) is 5.08. The van der Waals surface area contributed by atoms with Crippen LogP contribution in [0.25, 0.3) is 0 Å². The molecule has 28 heavy (non-hydrogen) atoms. The summed E-state index contributed by atoms with van der Waals surface area (Å²) < 4.78 is 10.9. The molecule has 0 aromatic heterocycles. The van der Waals surface area contributed by atoms with Crippen LogP contribution in [-0.2, 0) is 15.9 Å². The number of imide groups is 1. The summed E-state index contributed by atoms with van der Waals surface area (Å²) >= 11 is 0. The third-order valence-electron chi connectivity index (χ3n) is 5.08. The standard InChI is InChI=1S/C22H21NO5/c24-20-18-9-8-16(22(26)28-12-10-15-5-2-1-3-6-15)13-19(18)21(25)23(20)14-17-7-4-11-27-17/h1-3,5-6,8-9,13,17H,4,7,10-12,14H2. The molecule has 0 bridgehead atoms. The zero-order valence-corrected chi connectivity index (χ0v) is 15.4. The van der Waals surface area contributed by atoms with Gasteiger partial charge < -0.3 is 9.47 Å². The predicted molar refractivity (Wildman–Crippen MR) is 101 cm³/mol. The zero-order valence-electron chi connectivity index (χ0n) is 15.4. The number of hydrogen-bond donors (Lipinski definition) is 0. The molecule has 2 aliphatic heterocycles. The number of ether oxygens (including phenoxy) is 2. The average molecular weight is 379 g/mol. The lowest BCUT2D eigenvalue weighted by atomic mass is 10.1. The third kappa shape index (κ3) is 3.68. The molecule has 2 heterocycles. The van der Waals surface area contributed by atoms with E-state index in [1.807, 2.05) is 30.3 Å². The fourth-order valence-electron chi connectivity index (χ4n) is 3.57. The second-order valence-electron chi connectivity index (χ2n) is 6.99. The molecule has 2 aromatic carbocycles. The molecule has 1 atom stereocenters. The predicted octanol–water partition coefficient (Wildman–Crippen LogP) is 2.86. The first-order valence-corrected chi connectivity index (χ1v) is 9.46. The minimum atomic E-state index is -0.503. The lowest BCUT2D eigenvalue weighted by Gasteiger charge is -2.17. The topological polar surface area (TPSA) is 72.9 Å². The number of fused-ring (bicyclic) bond motifs is 1. The number of hydrogen-bond acceptors (Lipinski definition) is 5. The van der Waals surface area contributed by atoms with E-state index < -0.39 is 5.97 Å². The van der Waals surface area contributed by atoms with Gasteiger partial charge in [0.15, 0.2) is 0 Å². The van der Waals surface area contributed by atoms with Crippen molar-refractivity contribution in [2.45, 2.75) is 25.4 Å². The van der Waals surface area contributed by atoms with E-state index >= 15 is 0 Å². The summed E-state index contributed by atoms with van der Waals surface area (Å²) in [6.07, 6.45) is 2.29. The van der Waals surface area contributed by atoms with Crippen molar-refractivity contribution in [2.24, 2.45) is 0 Å². The molecule has 0 spiro atoms. The number of amides is 2. The van der Waals surface area contributed by atoms with Gasteiger partial charge >= 0.3 is 5.97 Å². The van der Waals surface area contributed by atoms with Crippen molar-refractivity contribution in [3.63, 3.8) is 0 Å². The van der Waals surface area contributed by atoms with Crippen LogP contribution in [0.2, 0.25) is 0 Å². The summed E-state index contributed by atoms with van der Waals surface area (Å²) in [6, 6.07) is 14.2. The van der Waals surface area contributed by atoms with Gasteiger partial charge in [-0.3, -0.25) is 14.5 Å². The monoisotopic (exact) mass is 379 g/mol. The summed E-state index contributed by atoms with van der Waals surface area (Å²) in [5, 5.41) is 0. The van der Waals surface area contributed by atoms with E-state index in [9.17, 15) is 14.4 Å². The lowest BCUT2D eigenvalue weighted by molar-refractivity contribution is 0.0475. The number of rotatable bonds is 6. The number of nitrogens with zero attached hydrogens (tertiary/aromatic N) is 1. The first kappa shape index (κ1) is 18.4. The molecule has 1 unspecified atom stereocenters. The Morgan fingerprint density at radius 1 is 1.07 bits per heavy atom. The molecule has 2 aromatic rings. The molecule has 0 aliphatic carbocycles. The molecule has 144 valence electrons. The van der Waals surface area contributed by atoms with Gasteiger partial charge in [0, 0.05) is 13.0 Å². The Hall–Kier alpha value is -2.99. The number of benzene rings is 2. The summed E-state index contributed by atoms with van der Waals surface area (Å²) in [5.74, 6) is -1.22. The van der Waals surface area contributed by atoms with Crippen LogP contribution in [0, 0.1) is 0 Å². The van der Waals surface area contributed by atoms with E-state index in [4.69, 9.17) is 9.47 Å². The summed E-state index contributed by atoms with van der Waals surface area (Å²) in [7, 11) is 0. The molecule has 1 saturated heterocycles. The van der Waals surface area contributed by atoms with Crippen molar-refractivity contribution in [3.8, 4) is 0 Å². The highest BCUT2D eigenvalue weighted by Gasteiger charge is 2.38. The van der Waals surface area contributed by atoms with Crippen LogP contribution in [0.5, 0.6) is 0 Å². The Labute approximate surface area is 163 Å². The minimum absolute atomic E-state index is 0.107. The van der Waals surface area contributed by atoms with Gasteiger partial charge in [-0.15, -0.1) is 0 Å². The molecule has 2 amide bonds. The van der Waals surface area contributed by atoms with E-state index in [-0.39, 0.29) is 42.2 Å². The highest BCUT2D eigenvalue weighted by molar-refractivity contribution is 6.22. The van der Waals surface area contributed by atoms with Crippen molar-refractivity contribution >= 4 is 17.8 Å². The van der Waals surface area contributed by atoms with Gasteiger partial charge in [0.25, 0.3) is 11.8 Å². The lowest BCUT2D eigenvalue weighted by Crippen LogP contribution is -2.36. The molecule has 6 heteroatoms. The highest BCUT2D eigenvalue weighted by atomic mass is 16.5. The fraction of sp³-hybridized carbons (Fsp3) is 0.318. The molecule has 2 aliphatic rings. The van der Waals surface area contributed by atoms with E-state index in [0.29, 0.717) is 18.6 Å². The Kier molecular flexibility index (Phi) is 5.21. The molecule has 1 fully saturated rings. The molecule has 0 saturated carbocycles. The first-order chi connectivity index (χ1) is 13.6. The summed E-state index contributed by atoms with van der Waals surface area (Å²) in [4.78, 5) is 38.7. The van der Waals surface area contributed by atoms with Crippen molar-refractivity contribution in [1.82, 2.24) is 4.90 Å². The van der Waals surface area contributed by atoms with Gasteiger partial charge in [-0.2, -0.15) is 0 Å². The van der Waals surface area contributed by atoms with Gasteiger partial charge in [0.1, 0.15) is 0 Å². The van der Waals surface area contributed by atoms with Gasteiger partial charge in [-0.1, -0.05) is 30.3 Å². The van der Waals surface area contributed by atoms with Crippen LogP contribution in [-0.4, -0.2) is 48.5 Å². The normalized spacial score (nSPS) is 18.4. The molecule has 6 nitrogen and oxygen atoms in total. The molecular weight excluding hydrogens is 358 g/mol. The molecular formula is C22H21NO5. The van der Waals surface area contributed by atoms with E-state index in [0.717, 1.165) is 18.4 Å². The van der Waals surface area contributed by atoms with Crippen molar-refractivity contribution in [1.29, 1.82) is 0 Å².